The maximum absolute atomic E-state index is 9.56. The standard InChI is InChI=1S/C15H28O3Si/c1-17-9-10-18-15-7-5-13(11-16)14(6-8-15)12-19(2,3)4/h8,16H,5-7,9-12H2,1-4H3. The van der Waals surface area contributed by atoms with Crippen molar-refractivity contribution in [2.45, 2.75) is 44.9 Å². The molecule has 110 valence electrons. The van der Waals surface area contributed by atoms with Crippen LogP contribution in [0.15, 0.2) is 23.0 Å². The van der Waals surface area contributed by atoms with Gasteiger partial charge in [0.25, 0.3) is 0 Å². The van der Waals surface area contributed by atoms with Crippen LogP contribution in [0.1, 0.15) is 19.3 Å². The predicted octanol–water partition coefficient (Wildman–Crippen LogP) is 3.34. The normalized spacial score (nSPS) is 17.2. The van der Waals surface area contributed by atoms with Crippen LogP contribution in [-0.4, -0.2) is 40.1 Å². The van der Waals surface area contributed by atoms with Crippen LogP contribution in [0.5, 0.6) is 0 Å². The highest BCUT2D eigenvalue weighted by Crippen LogP contribution is 2.29. The molecule has 1 aliphatic carbocycles. The fourth-order valence-corrected chi connectivity index (χ4v) is 4.02. The van der Waals surface area contributed by atoms with Crippen molar-refractivity contribution in [3.63, 3.8) is 0 Å². The molecule has 0 aromatic rings. The van der Waals surface area contributed by atoms with E-state index in [1.54, 1.807) is 7.11 Å². The number of ether oxygens (including phenoxy) is 2. The van der Waals surface area contributed by atoms with Gasteiger partial charge in [0, 0.05) is 21.6 Å². The molecule has 0 spiro atoms. The average molecular weight is 284 g/mol. The van der Waals surface area contributed by atoms with E-state index < -0.39 is 8.07 Å². The van der Waals surface area contributed by atoms with Gasteiger partial charge in [0.15, 0.2) is 0 Å². The smallest absolute Gasteiger partial charge is 0.111 e. The summed E-state index contributed by atoms with van der Waals surface area (Å²) in [5.74, 6) is 1.05. The molecule has 0 amide bonds. The van der Waals surface area contributed by atoms with Gasteiger partial charge < -0.3 is 14.6 Å². The molecule has 19 heavy (non-hydrogen) atoms. The van der Waals surface area contributed by atoms with Gasteiger partial charge in [0.1, 0.15) is 6.61 Å². The molecule has 1 aliphatic rings. The predicted molar refractivity (Wildman–Crippen MR) is 82.0 cm³/mol. The summed E-state index contributed by atoms with van der Waals surface area (Å²) in [7, 11) is 0.546. The molecule has 0 heterocycles. The molecule has 0 aromatic heterocycles. The molecule has 0 radical (unpaired) electrons. The summed E-state index contributed by atoms with van der Waals surface area (Å²) in [5, 5.41) is 9.56. The number of aliphatic hydroxyl groups is 1. The SMILES string of the molecule is COCCOC1=CCC(C[Si](C)(C)C)=C(CO)CC1. The lowest BCUT2D eigenvalue weighted by molar-refractivity contribution is 0.106. The van der Waals surface area contributed by atoms with Crippen molar-refractivity contribution >= 4 is 8.07 Å². The second-order valence-electron chi connectivity index (χ2n) is 6.32. The van der Waals surface area contributed by atoms with Crippen molar-refractivity contribution in [1.29, 1.82) is 0 Å². The van der Waals surface area contributed by atoms with Crippen LogP contribution in [0.3, 0.4) is 0 Å². The van der Waals surface area contributed by atoms with E-state index in [2.05, 4.69) is 25.7 Å². The first-order valence-corrected chi connectivity index (χ1v) is 10.8. The van der Waals surface area contributed by atoms with E-state index in [1.165, 1.54) is 17.2 Å². The van der Waals surface area contributed by atoms with Gasteiger partial charge in [-0.05, 0) is 30.5 Å². The molecule has 0 fully saturated rings. The summed E-state index contributed by atoms with van der Waals surface area (Å²) >= 11 is 0. The minimum Gasteiger partial charge on any atom is -0.496 e. The zero-order valence-corrected chi connectivity index (χ0v) is 13.8. The molecule has 0 aliphatic heterocycles. The van der Waals surface area contributed by atoms with Crippen LogP contribution in [-0.2, 0) is 9.47 Å². The third-order valence-corrected chi connectivity index (χ3v) is 4.75. The maximum Gasteiger partial charge on any atom is 0.111 e. The monoisotopic (exact) mass is 284 g/mol. The third-order valence-electron chi connectivity index (χ3n) is 3.26. The highest BCUT2D eigenvalue weighted by atomic mass is 28.3. The van der Waals surface area contributed by atoms with E-state index >= 15 is 0 Å². The number of rotatable bonds is 7. The van der Waals surface area contributed by atoms with Crippen molar-refractivity contribution in [2.24, 2.45) is 0 Å². The number of hydrogen-bond donors (Lipinski definition) is 1. The molecule has 0 saturated heterocycles. The van der Waals surface area contributed by atoms with Crippen molar-refractivity contribution in [3.05, 3.63) is 23.0 Å². The van der Waals surface area contributed by atoms with E-state index in [0.29, 0.717) is 13.2 Å². The Kier molecular flexibility index (Phi) is 6.83. The highest BCUT2D eigenvalue weighted by Gasteiger charge is 2.19. The summed E-state index contributed by atoms with van der Waals surface area (Å²) in [6.45, 7) is 8.55. The van der Waals surface area contributed by atoms with Gasteiger partial charge in [-0.1, -0.05) is 25.2 Å². The Hall–Kier alpha value is -0.583. The fourth-order valence-electron chi connectivity index (χ4n) is 2.35. The lowest BCUT2D eigenvalue weighted by atomic mass is 10.1. The van der Waals surface area contributed by atoms with Crippen molar-refractivity contribution in [3.8, 4) is 0 Å². The van der Waals surface area contributed by atoms with Gasteiger partial charge >= 0.3 is 0 Å². The Labute approximate surface area is 118 Å². The summed E-state index contributed by atoms with van der Waals surface area (Å²) in [5.41, 5.74) is 2.66. The van der Waals surface area contributed by atoms with E-state index in [1.807, 2.05) is 0 Å². The van der Waals surface area contributed by atoms with Crippen molar-refractivity contribution < 1.29 is 14.6 Å². The molecule has 1 rings (SSSR count). The Morgan fingerprint density at radius 2 is 1.89 bits per heavy atom. The molecule has 0 unspecified atom stereocenters. The highest BCUT2D eigenvalue weighted by molar-refractivity contribution is 6.76. The first-order chi connectivity index (χ1) is 8.96. The van der Waals surface area contributed by atoms with E-state index in [-0.39, 0.29) is 6.61 Å². The second kappa shape index (κ2) is 7.87. The molecule has 0 bridgehead atoms. The number of aliphatic hydroxyl groups excluding tert-OH is 1. The van der Waals surface area contributed by atoms with Gasteiger partial charge in [-0.3, -0.25) is 0 Å². The van der Waals surface area contributed by atoms with E-state index in [9.17, 15) is 5.11 Å². The summed E-state index contributed by atoms with van der Waals surface area (Å²) < 4.78 is 10.7. The van der Waals surface area contributed by atoms with Crippen molar-refractivity contribution in [2.75, 3.05) is 26.9 Å². The lowest BCUT2D eigenvalue weighted by Gasteiger charge is -2.19. The number of allylic oxidation sites excluding steroid dienone is 3. The van der Waals surface area contributed by atoms with Gasteiger partial charge in [-0.15, -0.1) is 0 Å². The number of hydrogen-bond acceptors (Lipinski definition) is 3. The Morgan fingerprint density at radius 1 is 1.16 bits per heavy atom. The summed E-state index contributed by atoms with van der Waals surface area (Å²) in [6.07, 6.45) is 4.94. The van der Waals surface area contributed by atoms with Crippen LogP contribution < -0.4 is 0 Å². The Balaban J connectivity index is 2.64. The molecule has 1 N–H and O–H groups in total. The largest absolute Gasteiger partial charge is 0.496 e. The summed E-state index contributed by atoms with van der Waals surface area (Å²) in [4.78, 5) is 0. The van der Waals surface area contributed by atoms with Gasteiger partial charge in [0.2, 0.25) is 0 Å². The second-order valence-corrected chi connectivity index (χ2v) is 11.8. The topological polar surface area (TPSA) is 38.7 Å². The molecular weight excluding hydrogens is 256 g/mol. The first kappa shape index (κ1) is 16.5. The average Bonchev–Trinajstić information content (AvgIpc) is 2.50. The van der Waals surface area contributed by atoms with Crippen LogP contribution in [0.25, 0.3) is 0 Å². The fraction of sp³-hybridized carbons (Fsp3) is 0.733. The van der Waals surface area contributed by atoms with Gasteiger partial charge in [-0.2, -0.15) is 0 Å². The van der Waals surface area contributed by atoms with E-state index in [4.69, 9.17) is 9.47 Å². The Bertz CT molecular complexity index is 340. The molecule has 0 aromatic carbocycles. The minimum absolute atomic E-state index is 0.193. The third kappa shape index (κ3) is 6.41. The zero-order valence-electron chi connectivity index (χ0n) is 12.8. The Morgan fingerprint density at radius 3 is 2.47 bits per heavy atom. The van der Waals surface area contributed by atoms with E-state index in [0.717, 1.165) is 25.0 Å². The maximum atomic E-state index is 9.56. The van der Waals surface area contributed by atoms with Crippen LogP contribution >= 0.6 is 0 Å². The van der Waals surface area contributed by atoms with Crippen LogP contribution in [0.2, 0.25) is 25.7 Å². The van der Waals surface area contributed by atoms with Crippen LogP contribution in [0, 0.1) is 0 Å². The number of methoxy groups -OCH3 is 1. The minimum atomic E-state index is -1.14. The van der Waals surface area contributed by atoms with Gasteiger partial charge in [-0.25, -0.2) is 0 Å². The molecule has 0 saturated carbocycles. The van der Waals surface area contributed by atoms with Gasteiger partial charge in [0.05, 0.1) is 19.0 Å². The molecular formula is C15H28O3Si. The zero-order chi connectivity index (χ0) is 14.3. The van der Waals surface area contributed by atoms with Crippen molar-refractivity contribution in [1.82, 2.24) is 0 Å². The lowest BCUT2D eigenvalue weighted by Crippen LogP contribution is -2.20. The molecule has 3 nitrogen and oxygen atoms in total. The molecule has 4 heteroatoms. The summed E-state index contributed by atoms with van der Waals surface area (Å²) in [6, 6.07) is 1.17. The van der Waals surface area contributed by atoms with Crippen LogP contribution in [0.4, 0.5) is 0 Å². The molecule has 0 atom stereocenters. The quantitative estimate of drug-likeness (QED) is 0.443. The first-order valence-electron chi connectivity index (χ1n) is 7.07.